The molecule has 0 saturated heterocycles. The number of aromatic nitrogens is 1. The minimum atomic E-state index is -2.83. The second kappa shape index (κ2) is 16.7. The molecule has 1 aliphatic heterocycles. The van der Waals surface area contributed by atoms with Gasteiger partial charge in [-0.2, -0.15) is 0 Å². The third-order valence-electron chi connectivity index (χ3n) is 10.5. The van der Waals surface area contributed by atoms with Crippen LogP contribution in [-0.2, 0) is 27.1 Å². The predicted octanol–water partition coefficient (Wildman–Crippen LogP) is 9.63. The quantitative estimate of drug-likeness (QED) is 0.0620. The van der Waals surface area contributed by atoms with E-state index in [1.807, 2.05) is 54.6 Å². The summed E-state index contributed by atoms with van der Waals surface area (Å²) in [6, 6.07) is 41.0. The summed E-state index contributed by atoms with van der Waals surface area (Å²) in [6.07, 6.45) is 2.39. The van der Waals surface area contributed by atoms with Gasteiger partial charge in [-0.25, -0.2) is 9.78 Å². The van der Waals surface area contributed by atoms with Gasteiger partial charge in [-0.05, 0) is 65.0 Å². The molecule has 1 aliphatic rings. The second-order valence-electron chi connectivity index (χ2n) is 15.1. The van der Waals surface area contributed by atoms with Crippen LogP contribution in [0.25, 0.3) is 33.6 Å². The molecule has 7 nitrogen and oxygen atoms in total. The number of unbranched alkanes of at least 4 members (excludes halogenated alkanes) is 1. The van der Waals surface area contributed by atoms with Crippen molar-refractivity contribution in [1.82, 2.24) is 9.29 Å². The minimum Gasteiger partial charge on any atom is -0.598 e. The van der Waals surface area contributed by atoms with Crippen LogP contribution in [0.3, 0.4) is 0 Å². The van der Waals surface area contributed by atoms with E-state index in [4.69, 9.17) is 18.6 Å². The van der Waals surface area contributed by atoms with Gasteiger partial charge in [-0.15, -0.1) is 4.31 Å². The Bertz CT molecular complexity index is 2160. The first-order valence-corrected chi connectivity index (χ1v) is 22.5. The van der Waals surface area contributed by atoms with E-state index in [0.717, 1.165) is 51.8 Å². The van der Waals surface area contributed by atoms with Gasteiger partial charge in [-0.1, -0.05) is 131 Å². The Hall–Kier alpha value is -4.51. The average Bonchev–Trinajstić information content (AvgIpc) is 3.81. The van der Waals surface area contributed by atoms with Crippen LogP contribution in [-0.4, -0.2) is 47.1 Å². The number of carbonyl (C=O) groups excluding carboxylic acids is 1. The van der Waals surface area contributed by atoms with E-state index in [1.54, 1.807) is 6.92 Å². The number of benzene rings is 4. The van der Waals surface area contributed by atoms with Crippen LogP contribution in [0.15, 0.2) is 126 Å². The lowest BCUT2D eigenvalue weighted by molar-refractivity contribution is 0.0519. The van der Waals surface area contributed by atoms with Gasteiger partial charge in [0.15, 0.2) is 0 Å². The number of hydrogen-bond donors (Lipinski definition) is 0. The Morgan fingerprint density at radius 2 is 1.56 bits per heavy atom. The van der Waals surface area contributed by atoms with Gasteiger partial charge < -0.3 is 18.1 Å². The standard InChI is InChI=1S/C46H50N2O5SSi/c1-6-8-28-54(50)48-32-36-30-39(45(49)51-7-2)47-44(35-20-17-19-33(29-35)42-31-34-18-15-16-25-41(34)53-42)43(36)40(48)26-27-52-55(46(3,4)5,37-21-11-9-12-22-37)38-23-13-10-14-24-38/h9-25,29-31,40H,6-8,26-28,32H2,1-5H3/t40-,54?/m1/s1. The highest BCUT2D eigenvalue weighted by molar-refractivity contribution is 7.89. The number of para-hydroxylation sites is 1. The molecule has 0 aliphatic carbocycles. The van der Waals surface area contributed by atoms with Gasteiger partial charge in [0.05, 0.1) is 24.9 Å². The lowest BCUT2D eigenvalue weighted by Gasteiger charge is -2.43. The maximum Gasteiger partial charge on any atom is 0.356 e. The maximum atomic E-state index is 14.2. The molecule has 3 heterocycles. The normalized spacial score (nSPS) is 15.3. The number of pyridine rings is 1. The Labute approximate surface area is 329 Å². The summed E-state index contributed by atoms with van der Waals surface area (Å²) in [6.45, 7) is 11.9. The molecule has 6 aromatic rings. The zero-order valence-corrected chi connectivity index (χ0v) is 34.2. The molecule has 55 heavy (non-hydrogen) atoms. The smallest absolute Gasteiger partial charge is 0.356 e. The molecule has 2 aromatic heterocycles. The molecule has 0 fully saturated rings. The summed E-state index contributed by atoms with van der Waals surface area (Å²) >= 11 is -1.26. The van der Waals surface area contributed by atoms with Gasteiger partial charge in [0, 0.05) is 40.0 Å². The number of hydrogen-bond acceptors (Lipinski definition) is 7. The molecule has 2 atom stereocenters. The van der Waals surface area contributed by atoms with E-state index < -0.39 is 25.6 Å². The highest BCUT2D eigenvalue weighted by atomic mass is 32.2. The van der Waals surface area contributed by atoms with E-state index in [1.165, 1.54) is 10.4 Å². The largest absolute Gasteiger partial charge is 0.598 e. The Morgan fingerprint density at radius 1 is 0.891 bits per heavy atom. The molecule has 4 aromatic carbocycles. The zero-order chi connectivity index (χ0) is 38.6. The lowest BCUT2D eigenvalue weighted by Crippen LogP contribution is -2.66. The fourth-order valence-electron chi connectivity index (χ4n) is 7.98. The zero-order valence-electron chi connectivity index (χ0n) is 32.4. The predicted molar refractivity (Wildman–Crippen MR) is 225 cm³/mol. The second-order valence-corrected chi connectivity index (χ2v) is 21.0. The van der Waals surface area contributed by atoms with Crippen molar-refractivity contribution in [3.05, 3.63) is 138 Å². The topological polar surface area (TPSA) is 87.9 Å². The summed E-state index contributed by atoms with van der Waals surface area (Å²) in [5.74, 6) is 0.835. The van der Waals surface area contributed by atoms with E-state index in [2.05, 4.69) is 98.7 Å². The summed E-state index contributed by atoms with van der Waals surface area (Å²) < 4.78 is 35.5. The van der Waals surface area contributed by atoms with Crippen LogP contribution in [0.1, 0.15) is 81.5 Å². The van der Waals surface area contributed by atoms with Crippen LogP contribution in [0, 0.1) is 0 Å². The number of furan rings is 1. The van der Waals surface area contributed by atoms with Crippen LogP contribution < -0.4 is 10.4 Å². The van der Waals surface area contributed by atoms with Gasteiger partial charge in [0.25, 0.3) is 8.32 Å². The van der Waals surface area contributed by atoms with E-state index in [0.29, 0.717) is 31.0 Å². The van der Waals surface area contributed by atoms with Crippen molar-refractivity contribution in [2.75, 3.05) is 19.0 Å². The summed E-state index contributed by atoms with van der Waals surface area (Å²) in [7, 11) is -2.83. The molecule has 0 spiro atoms. The highest BCUT2D eigenvalue weighted by Gasteiger charge is 2.50. The van der Waals surface area contributed by atoms with Crippen molar-refractivity contribution in [3.8, 4) is 22.6 Å². The average molecular weight is 771 g/mol. The van der Waals surface area contributed by atoms with Gasteiger partial charge in [-0.3, -0.25) is 0 Å². The Morgan fingerprint density at radius 3 is 2.22 bits per heavy atom. The number of rotatable bonds is 14. The van der Waals surface area contributed by atoms with Crippen LogP contribution in [0.2, 0.25) is 5.04 Å². The number of ether oxygens (including phenoxy) is 1. The molecular formula is C46H50N2O5SSi. The fraction of sp³-hybridized carbons (Fsp3) is 0.304. The van der Waals surface area contributed by atoms with Crippen molar-refractivity contribution in [1.29, 1.82) is 0 Å². The molecule has 0 radical (unpaired) electrons. The molecule has 0 saturated carbocycles. The molecule has 1 unspecified atom stereocenters. The molecule has 0 bridgehead atoms. The number of esters is 1. The molecule has 0 N–H and O–H groups in total. The van der Waals surface area contributed by atoms with Crippen molar-refractivity contribution < 1.29 is 22.9 Å². The molecule has 7 rings (SSSR count). The number of fused-ring (bicyclic) bond motifs is 2. The number of carbonyl (C=O) groups is 1. The van der Waals surface area contributed by atoms with Gasteiger partial charge in [0.1, 0.15) is 22.8 Å². The first-order chi connectivity index (χ1) is 26.6. The highest BCUT2D eigenvalue weighted by Crippen LogP contribution is 2.45. The maximum absolute atomic E-state index is 14.2. The summed E-state index contributed by atoms with van der Waals surface area (Å²) in [4.78, 5) is 18.4. The first kappa shape index (κ1) is 38.7. The SMILES string of the molecule is CCCC[S+]([O-])N1Cc2cc(C(=O)OCC)nc(-c3cccc(-c4cc5ccccc5o4)c3)c2[C@H]1CCO[Si](c1ccccc1)(c1ccccc1)C(C)(C)C. The van der Waals surface area contributed by atoms with Crippen molar-refractivity contribution in [2.24, 2.45) is 0 Å². The molecular weight excluding hydrogens is 721 g/mol. The van der Waals surface area contributed by atoms with Gasteiger partial charge >= 0.3 is 5.97 Å². The third kappa shape index (κ3) is 7.82. The van der Waals surface area contributed by atoms with Crippen molar-refractivity contribution >= 4 is 47.0 Å². The van der Waals surface area contributed by atoms with Crippen LogP contribution >= 0.6 is 0 Å². The van der Waals surface area contributed by atoms with Crippen molar-refractivity contribution in [3.63, 3.8) is 0 Å². The molecule has 0 amide bonds. The third-order valence-corrected chi connectivity index (χ3v) is 17.1. The Balaban J connectivity index is 1.33. The minimum absolute atomic E-state index is 0.189. The Kier molecular flexibility index (Phi) is 11.8. The van der Waals surface area contributed by atoms with E-state index in [9.17, 15) is 9.35 Å². The number of nitrogens with zero attached hydrogens (tertiary/aromatic N) is 2. The monoisotopic (exact) mass is 770 g/mol. The van der Waals surface area contributed by atoms with E-state index in [-0.39, 0.29) is 23.4 Å². The molecule has 284 valence electrons. The fourth-order valence-corrected chi connectivity index (χ4v) is 14.1. The summed E-state index contributed by atoms with van der Waals surface area (Å²) in [5.41, 5.74) is 5.40. The van der Waals surface area contributed by atoms with Crippen LogP contribution in [0.5, 0.6) is 0 Å². The lowest BCUT2D eigenvalue weighted by atomic mass is 9.95. The molecule has 9 heteroatoms. The van der Waals surface area contributed by atoms with Crippen molar-refractivity contribution in [2.45, 2.75) is 71.5 Å². The first-order valence-electron chi connectivity index (χ1n) is 19.3. The van der Waals surface area contributed by atoms with E-state index >= 15 is 0 Å². The summed E-state index contributed by atoms with van der Waals surface area (Å²) in [5, 5.41) is 3.27. The van der Waals surface area contributed by atoms with Gasteiger partial charge in [0.2, 0.25) is 0 Å². The van der Waals surface area contributed by atoms with Crippen LogP contribution in [0.4, 0.5) is 0 Å².